The Morgan fingerprint density at radius 3 is 2.95 bits per heavy atom. The number of anilines is 1. The summed E-state index contributed by atoms with van der Waals surface area (Å²) in [4.78, 5) is 16.6. The lowest BCUT2D eigenvalue weighted by Crippen LogP contribution is -2.35. The van der Waals surface area contributed by atoms with E-state index in [0.29, 0.717) is 12.4 Å². The largest absolute Gasteiger partial charge is 0.312 e. The van der Waals surface area contributed by atoms with Gasteiger partial charge in [0.2, 0.25) is 5.91 Å². The van der Waals surface area contributed by atoms with Crippen molar-refractivity contribution in [2.45, 2.75) is 19.4 Å². The molecule has 20 heavy (non-hydrogen) atoms. The first-order valence-corrected chi connectivity index (χ1v) is 6.76. The van der Waals surface area contributed by atoms with Crippen LogP contribution in [-0.4, -0.2) is 17.4 Å². The number of nitrogens with one attached hydrogen (secondary N) is 2. The van der Waals surface area contributed by atoms with Crippen LogP contribution in [0.3, 0.4) is 0 Å². The van der Waals surface area contributed by atoms with Crippen molar-refractivity contribution in [1.82, 2.24) is 10.3 Å². The molecule has 2 aromatic rings. The molecule has 3 rings (SSSR count). The molecule has 1 unspecified atom stereocenters. The van der Waals surface area contributed by atoms with Crippen molar-refractivity contribution in [3.05, 3.63) is 59.3 Å². The molecule has 0 saturated heterocycles. The molecule has 0 aliphatic carbocycles. The SMILES string of the molecule is Cc1ccc(NC(=O)C2CNCc3ccccc32)nc1. The summed E-state index contributed by atoms with van der Waals surface area (Å²) in [5.74, 6) is 0.424. The number of benzene rings is 1. The van der Waals surface area contributed by atoms with Crippen LogP contribution in [0.5, 0.6) is 0 Å². The molecule has 2 heterocycles. The average molecular weight is 267 g/mol. The van der Waals surface area contributed by atoms with E-state index in [9.17, 15) is 4.79 Å². The molecule has 0 spiro atoms. The topological polar surface area (TPSA) is 54.0 Å². The summed E-state index contributed by atoms with van der Waals surface area (Å²) in [7, 11) is 0. The third-order valence-electron chi connectivity index (χ3n) is 3.57. The molecular weight excluding hydrogens is 250 g/mol. The van der Waals surface area contributed by atoms with Crippen LogP contribution in [0.25, 0.3) is 0 Å². The zero-order valence-electron chi connectivity index (χ0n) is 11.4. The molecule has 1 aliphatic rings. The van der Waals surface area contributed by atoms with Gasteiger partial charge in [0.15, 0.2) is 0 Å². The second kappa shape index (κ2) is 5.43. The summed E-state index contributed by atoms with van der Waals surface area (Å²) in [5.41, 5.74) is 3.37. The number of nitrogens with zero attached hydrogens (tertiary/aromatic N) is 1. The van der Waals surface area contributed by atoms with Crippen LogP contribution >= 0.6 is 0 Å². The summed E-state index contributed by atoms with van der Waals surface area (Å²) in [6, 6.07) is 11.8. The molecule has 0 fully saturated rings. The number of aromatic nitrogens is 1. The first-order valence-electron chi connectivity index (χ1n) is 6.76. The molecule has 1 amide bonds. The van der Waals surface area contributed by atoms with Crippen LogP contribution in [0.2, 0.25) is 0 Å². The Hall–Kier alpha value is -2.20. The molecule has 102 valence electrons. The van der Waals surface area contributed by atoms with Crippen molar-refractivity contribution < 1.29 is 4.79 Å². The average Bonchev–Trinajstić information content (AvgIpc) is 2.49. The van der Waals surface area contributed by atoms with Gasteiger partial charge in [0.1, 0.15) is 5.82 Å². The molecule has 1 aromatic carbocycles. The van der Waals surface area contributed by atoms with E-state index in [2.05, 4.69) is 21.7 Å². The van der Waals surface area contributed by atoms with Gasteiger partial charge in [-0.2, -0.15) is 0 Å². The van der Waals surface area contributed by atoms with Crippen LogP contribution in [0.4, 0.5) is 5.82 Å². The Morgan fingerprint density at radius 1 is 1.30 bits per heavy atom. The van der Waals surface area contributed by atoms with Gasteiger partial charge in [-0.1, -0.05) is 30.3 Å². The molecule has 4 nitrogen and oxygen atoms in total. The van der Waals surface area contributed by atoms with Gasteiger partial charge in [-0.05, 0) is 29.7 Å². The maximum atomic E-state index is 12.4. The van der Waals surface area contributed by atoms with Crippen LogP contribution in [0, 0.1) is 6.92 Å². The number of fused-ring (bicyclic) bond motifs is 1. The normalized spacial score (nSPS) is 17.4. The Morgan fingerprint density at radius 2 is 2.15 bits per heavy atom. The molecule has 0 radical (unpaired) electrons. The molecule has 4 heteroatoms. The summed E-state index contributed by atoms with van der Waals surface area (Å²) in [5, 5.41) is 6.18. The van der Waals surface area contributed by atoms with Crippen molar-refractivity contribution in [1.29, 1.82) is 0 Å². The number of pyridine rings is 1. The lowest BCUT2D eigenvalue weighted by atomic mass is 9.90. The fourth-order valence-electron chi connectivity index (χ4n) is 2.49. The number of aryl methyl sites for hydroxylation is 1. The predicted octanol–water partition coefficient (Wildman–Crippen LogP) is 2.22. The van der Waals surface area contributed by atoms with Gasteiger partial charge in [-0.25, -0.2) is 4.98 Å². The maximum Gasteiger partial charge on any atom is 0.234 e. The Bertz CT molecular complexity index is 622. The molecule has 2 N–H and O–H groups in total. The van der Waals surface area contributed by atoms with E-state index in [-0.39, 0.29) is 11.8 Å². The summed E-state index contributed by atoms with van der Waals surface area (Å²) in [6.45, 7) is 3.46. The van der Waals surface area contributed by atoms with E-state index in [1.807, 2.05) is 37.3 Å². The molecule has 1 aliphatic heterocycles. The third kappa shape index (κ3) is 2.56. The second-order valence-electron chi connectivity index (χ2n) is 5.09. The van der Waals surface area contributed by atoms with Crippen LogP contribution in [-0.2, 0) is 11.3 Å². The lowest BCUT2D eigenvalue weighted by molar-refractivity contribution is -0.117. The van der Waals surface area contributed by atoms with Gasteiger partial charge in [0.05, 0.1) is 5.92 Å². The fourth-order valence-corrected chi connectivity index (χ4v) is 2.49. The van der Waals surface area contributed by atoms with E-state index in [1.54, 1.807) is 6.20 Å². The summed E-state index contributed by atoms with van der Waals surface area (Å²) < 4.78 is 0. The minimum absolute atomic E-state index is 0.0130. The Balaban J connectivity index is 1.80. The van der Waals surface area contributed by atoms with Gasteiger partial charge in [0.25, 0.3) is 0 Å². The van der Waals surface area contributed by atoms with Crippen LogP contribution in [0.15, 0.2) is 42.6 Å². The Kier molecular flexibility index (Phi) is 3.48. The number of carbonyl (C=O) groups excluding carboxylic acids is 1. The van der Waals surface area contributed by atoms with E-state index in [4.69, 9.17) is 0 Å². The van der Waals surface area contributed by atoms with Crippen LogP contribution < -0.4 is 10.6 Å². The van der Waals surface area contributed by atoms with Gasteiger partial charge in [-0.3, -0.25) is 4.79 Å². The van der Waals surface area contributed by atoms with Crippen molar-refractivity contribution in [3.63, 3.8) is 0 Å². The molecule has 1 atom stereocenters. The molecular formula is C16H17N3O. The fraction of sp³-hybridized carbons (Fsp3) is 0.250. The number of hydrogen-bond acceptors (Lipinski definition) is 3. The molecule has 0 saturated carbocycles. The maximum absolute atomic E-state index is 12.4. The number of hydrogen-bond donors (Lipinski definition) is 2. The van der Waals surface area contributed by atoms with Crippen molar-refractivity contribution in [2.75, 3.05) is 11.9 Å². The highest BCUT2D eigenvalue weighted by Crippen LogP contribution is 2.24. The highest BCUT2D eigenvalue weighted by Gasteiger charge is 2.26. The minimum Gasteiger partial charge on any atom is -0.312 e. The first-order chi connectivity index (χ1) is 9.74. The van der Waals surface area contributed by atoms with Gasteiger partial charge < -0.3 is 10.6 Å². The second-order valence-corrected chi connectivity index (χ2v) is 5.09. The van der Waals surface area contributed by atoms with Crippen LogP contribution in [0.1, 0.15) is 22.6 Å². The van der Waals surface area contributed by atoms with Crippen molar-refractivity contribution >= 4 is 11.7 Å². The first kappa shape index (κ1) is 12.8. The van der Waals surface area contributed by atoms with E-state index in [0.717, 1.165) is 17.7 Å². The highest BCUT2D eigenvalue weighted by atomic mass is 16.2. The molecule has 1 aromatic heterocycles. The zero-order valence-corrected chi connectivity index (χ0v) is 11.4. The third-order valence-corrected chi connectivity index (χ3v) is 3.57. The van der Waals surface area contributed by atoms with E-state index < -0.39 is 0 Å². The zero-order chi connectivity index (χ0) is 13.9. The van der Waals surface area contributed by atoms with Gasteiger partial charge in [-0.15, -0.1) is 0 Å². The highest BCUT2D eigenvalue weighted by molar-refractivity contribution is 5.95. The predicted molar refractivity (Wildman–Crippen MR) is 78.5 cm³/mol. The number of rotatable bonds is 2. The monoisotopic (exact) mass is 267 g/mol. The van der Waals surface area contributed by atoms with Crippen molar-refractivity contribution in [2.24, 2.45) is 0 Å². The number of amides is 1. The van der Waals surface area contributed by atoms with Gasteiger partial charge >= 0.3 is 0 Å². The molecule has 0 bridgehead atoms. The summed E-state index contributed by atoms with van der Waals surface area (Å²) >= 11 is 0. The van der Waals surface area contributed by atoms with Gasteiger partial charge in [0, 0.05) is 19.3 Å². The van der Waals surface area contributed by atoms with E-state index in [1.165, 1.54) is 5.56 Å². The minimum atomic E-state index is -0.164. The number of carbonyl (C=O) groups is 1. The smallest absolute Gasteiger partial charge is 0.234 e. The standard InChI is InChI=1S/C16H17N3O/c1-11-6-7-15(18-8-11)19-16(20)14-10-17-9-12-4-2-3-5-13(12)14/h2-8,14,17H,9-10H2,1H3,(H,18,19,20). The Labute approximate surface area is 118 Å². The van der Waals surface area contributed by atoms with E-state index >= 15 is 0 Å². The summed E-state index contributed by atoms with van der Waals surface area (Å²) in [6.07, 6.45) is 1.75. The quantitative estimate of drug-likeness (QED) is 0.877. The van der Waals surface area contributed by atoms with Crippen molar-refractivity contribution in [3.8, 4) is 0 Å². The lowest BCUT2D eigenvalue weighted by Gasteiger charge is -2.25.